The number of amides is 1. The van der Waals surface area contributed by atoms with E-state index in [0.29, 0.717) is 27.4 Å². The lowest BCUT2D eigenvalue weighted by atomic mass is 10.2. The van der Waals surface area contributed by atoms with Crippen LogP contribution in [-0.4, -0.2) is 56.8 Å². The predicted molar refractivity (Wildman–Crippen MR) is 118 cm³/mol. The van der Waals surface area contributed by atoms with Crippen LogP contribution in [0.15, 0.2) is 58.2 Å². The fourth-order valence-corrected chi connectivity index (χ4v) is 4.21. The molecule has 0 aliphatic heterocycles. The van der Waals surface area contributed by atoms with E-state index in [1.165, 1.54) is 28.3 Å². The number of tetrazole rings is 1. The highest BCUT2D eigenvalue weighted by Crippen LogP contribution is 2.23. The molecule has 0 atom stereocenters. The van der Waals surface area contributed by atoms with Gasteiger partial charge >= 0.3 is 0 Å². The molecule has 1 aromatic carbocycles. The molecule has 4 heterocycles. The van der Waals surface area contributed by atoms with Crippen molar-refractivity contribution in [3.8, 4) is 17.1 Å². The minimum absolute atomic E-state index is 0.0162. The van der Waals surface area contributed by atoms with Crippen LogP contribution in [0, 0.1) is 0 Å². The Morgan fingerprint density at radius 3 is 2.91 bits per heavy atom. The lowest BCUT2D eigenvalue weighted by Crippen LogP contribution is -2.24. The van der Waals surface area contributed by atoms with Crippen molar-refractivity contribution >= 4 is 45.3 Å². The number of thioether (sulfide) groups is 1. The lowest BCUT2D eigenvalue weighted by molar-refractivity contribution is -0.113. The van der Waals surface area contributed by atoms with E-state index >= 15 is 0 Å². The second-order valence-electron chi connectivity index (χ2n) is 6.22. The number of nitrogens with one attached hydrogen (secondary N) is 2. The summed E-state index contributed by atoms with van der Waals surface area (Å²) in [6.07, 6.45) is 4.49. The normalized spacial score (nSPS) is 11.0. The number of carbonyl (C=O) groups excluding carboxylic acids is 1. The molecule has 0 saturated heterocycles. The van der Waals surface area contributed by atoms with E-state index < -0.39 is 5.56 Å². The smallest absolute Gasteiger partial charge is 0.286 e. The number of hydrogen-bond acceptors (Lipinski definition) is 11. The average Bonchev–Trinajstić information content (AvgIpc) is 3.52. The third-order valence-corrected chi connectivity index (χ3v) is 5.82. The van der Waals surface area contributed by atoms with Crippen molar-refractivity contribution in [3.63, 3.8) is 0 Å². The van der Waals surface area contributed by atoms with Crippen LogP contribution in [0.5, 0.6) is 0 Å². The summed E-state index contributed by atoms with van der Waals surface area (Å²) in [7, 11) is 0. The van der Waals surface area contributed by atoms with Gasteiger partial charge in [-0.1, -0.05) is 23.9 Å². The van der Waals surface area contributed by atoms with Crippen molar-refractivity contribution in [3.05, 3.63) is 58.6 Å². The van der Waals surface area contributed by atoms with Gasteiger partial charge in [0.1, 0.15) is 0 Å². The first-order valence-corrected chi connectivity index (χ1v) is 11.0. The number of hydrogen-bond donors (Lipinski definition) is 2. The van der Waals surface area contributed by atoms with E-state index in [0.717, 1.165) is 11.8 Å². The first-order chi connectivity index (χ1) is 15.7. The van der Waals surface area contributed by atoms with Gasteiger partial charge in [-0.2, -0.15) is 5.21 Å². The number of fused-ring (bicyclic) bond motifs is 1. The summed E-state index contributed by atoms with van der Waals surface area (Å²) < 4.78 is 1.39. The minimum Gasteiger partial charge on any atom is -0.301 e. The molecule has 0 saturated carbocycles. The highest BCUT2D eigenvalue weighted by Gasteiger charge is 2.17. The van der Waals surface area contributed by atoms with Gasteiger partial charge in [-0.05, 0) is 17.3 Å². The fourth-order valence-electron chi connectivity index (χ4n) is 2.86. The van der Waals surface area contributed by atoms with Crippen molar-refractivity contribution in [2.24, 2.45) is 0 Å². The molecule has 0 unspecified atom stereocenters. The zero-order valence-electron chi connectivity index (χ0n) is 16.0. The molecule has 0 fully saturated rings. The largest absolute Gasteiger partial charge is 0.301 e. The maximum atomic E-state index is 13.3. The topological polar surface area (TPSA) is 157 Å². The maximum Gasteiger partial charge on any atom is 0.286 e. The van der Waals surface area contributed by atoms with E-state index in [2.05, 4.69) is 45.9 Å². The zero-order chi connectivity index (χ0) is 21.9. The van der Waals surface area contributed by atoms with Crippen molar-refractivity contribution in [2.75, 3.05) is 11.1 Å². The van der Waals surface area contributed by atoms with Crippen LogP contribution in [0.1, 0.15) is 0 Å². The number of aromatic amines is 1. The molecule has 1 amide bonds. The first kappa shape index (κ1) is 19.9. The fraction of sp³-hybridized carbons (Fsp3) is 0.0556. The van der Waals surface area contributed by atoms with Crippen LogP contribution in [0.2, 0.25) is 0 Å². The molecule has 14 heteroatoms. The summed E-state index contributed by atoms with van der Waals surface area (Å²) in [5.41, 5.74) is 1.08. The average molecular weight is 464 g/mol. The Morgan fingerprint density at radius 1 is 1.19 bits per heavy atom. The molecule has 0 aliphatic carbocycles. The van der Waals surface area contributed by atoms with Crippen LogP contribution in [-0.2, 0) is 4.79 Å². The molecular weight excluding hydrogens is 452 g/mol. The summed E-state index contributed by atoms with van der Waals surface area (Å²) in [6.45, 7) is 0. The number of carbonyl (C=O) groups is 1. The van der Waals surface area contributed by atoms with E-state index in [4.69, 9.17) is 0 Å². The molecule has 12 nitrogen and oxygen atoms in total. The highest BCUT2D eigenvalue weighted by atomic mass is 32.2. The van der Waals surface area contributed by atoms with Gasteiger partial charge in [-0.25, -0.2) is 19.9 Å². The maximum absolute atomic E-state index is 13.3. The molecule has 5 aromatic rings. The van der Waals surface area contributed by atoms with Gasteiger partial charge in [-0.15, -0.1) is 21.5 Å². The molecular formula is C18H12N10O2S2. The van der Waals surface area contributed by atoms with Gasteiger partial charge in [0.05, 0.1) is 11.4 Å². The number of rotatable bonds is 6. The van der Waals surface area contributed by atoms with Gasteiger partial charge in [0.25, 0.3) is 5.56 Å². The molecule has 158 valence electrons. The van der Waals surface area contributed by atoms with Gasteiger partial charge in [0.15, 0.2) is 21.5 Å². The first-order valence-electron chi connectivity index (χ1n) is 9.09. The highest BCUT2D eigenvalue weighted by molar-refractivity contribution is 7.99. The minimum atomic E-state index is -0.406. The predicted octanol–water partition coefficient (Wildman–Crippen LogP) is 1.54. The van der Waals surface area contributed by atoms with Crippen molar-refractivity contribution in [1.29, 1.82) is 0 Å². The molecule has 0 radical (unpaired) electrons. The van der Waals surface area contributed by atoms with E-state index in [-0.39, 0.29) is 22.8 Å². The zero-order valence-corrected chi connectivity index (χ0v) is 17.7. The molecule has 0 spiro atoms. The van der Waals surface area contributed by atoms with Crippen molar-refractivity contribution < 1.29 is 4.79 Å². The third kappa shape index (κ3) is 3.95. The molecule has 5 rings (SSSR count). The molecule has 0 aliphatic rings. The third-order valence-electron chi connectivity index (χ3n) is 4.20. The van der Waals surface area contributed by atoms with Crippen LogP contribution in [0.4, 0.5) is 5.13 Å². The summed E-state index contributed by atoms with van der Waals surface area (Å²) in [4.78, 5) is 42.4. The second-order valence-corrected chi connectivity index (χ2v) is 8.06. The Labute approximate surface area is 187 Å². The van der Waals surface area contributed by atoms with E-state index in [1.807, 2.05) is 0 Å². The summed E-state index contributed by atoms with van der Waals surface area (Å²) in [5.74, 6) is 0.124. The number of aromatic nitrogens is 9. The van der Waals surface area contributed by atoms with Gasteiger partial charge in [-0.3, -0.25) is 14.2 Å². The number of H-pyrrole nitrogens is 1. The number of benzene rings is 1. The van der Waals surface area contributed by atoms with Gasteiger partial charge in [0.2, 0.25) is 11.7 Å². The van der Waals surface area contributed by atoms with E-state index in [9.17, 15) is 9.59 Å². The Hall–Kier alpha value is -4.04. The molecule has 4 aromatic heterocycles. The Bertz CT molecular complexity index is 1450. The Kier molecular flexibility index (Phi) is 5.35. The number of nitrogens with zero attached hydrogens (tertiary/aromatic N) is 8. The molecule has 32 heavy (non-hydrogen) atoms. The van der Waals surface area contributed by atoms with Gasteiger partial charge < -0.3 is 5.32 Å². The number of thiazole rings is 1. The lowest BCUT2D eigenvalue weighted by Gasteiger charge is -2.13. The van der Waals surface area contributed by atoms with E-state index in [1.54, 1.807) is 35.8 Å². The summed E-state index contributed by atoms with van der Waals surface area (Å²) in [6, 6.07) is 7.03. The van der Waals surface area contributed by atoms with Gasteiger partial charge in [0, 0.05) is 29.5 Å². The number of anilines is 1. The van der Waals surface area contributed by atoms with Crippen LogP contribution in [0.3, 0.4) is 0 Å². The second kappa shape index (κ2) is 8.60. The summed E-state index contributed by atoms with van der Waals surface area (Å²) in [5, 5.41) is 19.2. The Morgan fingerprint density at radius 2 is 2.09 bits per heavy atom. The van der Waals surface area contributed by atoms with Crippen LogP contribution in [0.25, 0.3) is 28.2 Å². The van der Waals surface area contributed by atoms with Crippen molar-refractivity contribution in [1.82, 2.24) is 45.1 Å². The Balaban J connectivity index is 1.55. The molecule has 0 bridgehead atoms. The SMILES string of the molecule is O=C(CSc1nc2nccnc2c(=O)n1-c1cccc(-c2nn[nH]n2)c1)Nc1nccs1. The van der Waals surface area contributed by atoms with Crippen LogP contribution >= 0.6 is 23.1 Å². The standard InChI is InChI=1S/C18H12N10O2S2/c29-12(22-17-21-6-7-31-17)9-32-18-23-15-13(19-4-5-20-15)16(30)28(18)11-3-1-2-10(8-11)14-24-26-27-25-14/h1-8H,9H2,(H,21,22,29)(H,24,25,26,27). The monoisotopic (exact) mass is 464 g/mol. The molecule has 2 N–H and O–H groups in total. The quantitative estimate of drug-likeness (QED) is 0.279. The van der Waals surface area contributed by atoms with Crippen molar-refractivity contribution in [2.45, 2.75) is 5.16 Å². The van der Waals surface area contributed by atoms with Crippen LogP contribution < -0.4 is 10.9 Å². The summed E-state index contributed by atoms with van der Waals surface area (Å²) >= 11 is 2.42.